The molecule has 0 spiro atoms. The molecular weight excluding hydrogens is 451 g/mol. The van der Waals surface area contributed by atoms with Crippen LogP contribution in [-0.2, 0) is 11.2 Å². The molecule has 0 aliphatic heterocycles. The lowest BCUT2D eigenvalue weighted by Crippen LogP contribution is -2.37. The van der Waals surface area contributed by atoms with Gasteiger partial charge in [0.05, 0.1) is 22.2 Å². The Hall–Kier alpha value is -3.23. The smallest absolute Gasteiger partial charge is 0.261 e. The van der Waals surface area contributed by atoms with Gasteiger partial charge in [-0.25, -0.2) is 9.07 Å². The molecule has 3 N–H and O–H groups in total. The maximum absolute atomic E-state index is 13.1. The van der Waals surface area contributed by atoms with Crippen molar-refractivity contribution in [2.45, 2.75) is 13.3 Å². The maximum atomic E-state index is 13.1. The molecule has 0 bridgehead atoms. The van der Waals surface area contributed by atoms with Gasteiger partial charge in [0, 0.05) is 17.0 Å². The molecule has 2 amide bonds. The van der Waals surface area contributed by atoms with Crippen LogP contribution in [0.4, 0.5) is 4.39 Å². The minimum Gasteiger partial charge on any atom is -0.369 e. The predicted octanol–water partition coefficient (Wildman–Crippen LogP) is 4.26. The number of amides is 2. The average molecular weight is 471 g/mol. The third-order valence-corrected chi connectivity index (χ3v) is 6.47. The van der Waals surface area contributed by atoms with E-state index < -0.39 is 11.8 Å². The lowest BCUT2D eigenvalue weighted by Gasteiger charge is -2.14. The largest absolute Gasteiger partial charge is 0.369 e. The van der Waals surface area contributed by atoms with Crippen LogP contribution in [-0.4, -0.2) is 28.1 Å². The van der Waals surface area contributed by atoms with Crippen molar-refractivity contribution in [2.24, 2.45) is 11.7 Å². The lowest BCUT2D eigenvalue weighted by atomic mass is 9.98. The molecule has 6 nitrogen and oxygen atoms in total. The topological polar surface area (TPSA) is 90.0 Å². The summed E-state index contributed by atoms with van der Waals surface area (Å²) in [5.41, 5.74) is 7.88. The molecule has 0 aliphatic carbocycles. The molecule has 1 unspecified atom stereocenters. The summed E-state index contributed by atoms with van der Waals surface area (Å²) in [5.74, 6) is -1.79. The number of aromatic nitrogens is 2. The zero-order valence-electron chi connectivity index (χ0n) is 17.1. The first-order chi connectivity index (χ1) is 15.3. The summed E-state index contributed by atoms with van der Waals surface area (Å²) in [7, 11) is 0. The van der Waals surface area contributed by atoms with Gasteiger partial charge in [0.1, 0.15) is 10.6 Å². The van der Waals surface area contributed by atoms with Crippen LogP contribution in [0.5, 0.6) is 0 Å². The molecule has 0 radical (unpaired) electrons. The van der Waals surface area contributed by atoms with Crippen molar-refractivity contribution in [3.8, 4) is 5.69 Å². The van der Waals surface area contributed by atoms with Crippen LogP contribution >= 0.6 is 22.9 Å². The van der Waals surface area contributed by atoms with Crippen molar-refractivity contribution in [3.05, 3.63) is 81.6 Å². The van der Waals surface area contributed by atoms with Crippen LogP contribution in [0.3, 0.4) is 0 Å². The molecule has 0 saturated heterocycles. The molecule has 4 rings (SSSR count). The average Bonchev–Trinajstić information content (AvgIpc) is 3.33. The second kappa shape index (κ2) is 9.10. The molecule has 32 heavy (non-hydrogen) atoms. The van der Waals surface area contributed by atoms with Gasteiger partial charge in [-0.05, 0) is 55.3 Å². The molecule has 0 fully saturated rings. The van der Waals surface area contributed by atoms with Crippen LogP contribution in [0.1, 0.15) is 20.9 Å². The van der Waals surface area contributed by atoms with Crippen molar-refractivity contribution in [1.29, 1.82) is 0 Å². The number of nitrogens with two attached hydrogens (primary N) is 1. The fourth-order valence-electron chi connectivity index (χ4n) is 3.42. The van der Waals surface area contributed by atoms with Gasteiger partial charge in [-0.1, -0.05) is 29.8 Å². The second-order valence-corrected chi connectivity index (χ2v) is 8.91. The molecular formula is C23H20ClFN4O2S. The SMILES string of the molecule is Cc1nn(-c2cccc(Cl)c2)c2sc(C(=O)NCC(Cc3ccc(F)cc3)C(N)=O)cc12. The normalized spacial score (nSPS) is 12.1. The summed E-state index contributed by atoms with van der Waals surface area (Å²) in [4.78, 5) is 26.0. The molecule has 164 valence electrons. The molecule has 0 saturated carbocycles. The van der Waals surface area contributed by atoms with E-state index in [1.807, 2.05) is 19.1 Å². The predicted molar refractivity (Wildman–Crippen MR) is 124 cm³/mol. The zero-order valence-corrected chi connectivity index (χ0v) is 18.7. The highest BCUT2D eigenvalue weighted by Crippen LogP contribution is 2.31. The number of aryl methyl sites for hydroxylation is 1. The number of nitrogens with one attached hydrogen (secondary N) is 1. The van der Waals surface area contributed by atoms with E-state index in [1.165, 1.54) is 23.5 Å². The Balaban J connectivity index is 1.51. The Bertz CT molecular complexity index is 1300. The highest BCUT2D eigenvalue weighted by Gasteiger charge is 2.21. The highest BCUT2D eigenvalue weighted by molar-refractivity contribution is 7.20. The Morgan fingerprint density at radius 1 is 1.22 bits per heavy atom. The van der Waals surface area contributed by atoms with E-state index in [1.54, 1.807) is 35.0 Å². The number of hydrogen-bond acceptors (Lipinski definition) is 4. The molecule has 4 aromatic rings. The van der Waals surface area contributed by atoms with E-state index in [2.05, 4.69) is 10.4 Å². The lowest BCUT2D eigenvalue weighted by molar-refractivity contribution is -0.121. The van der Waals surface area contributed by atoms with Crippen LogP contribution in [0, 0.1) is 18.7 Å². The van der Waals surface area contributed by atoms with Crippen LogP contribution in [0.15, 0.2) is 54.6 Å². The first kappa shape index (κ1) is 22.0. The van der Waals surface area contributed by atoms with E-state index in [4.69, 9.17) is 17.3 Å². The fourth-order valence-corrected chi connectivity index (χ4v) is 4.71. The van der Waals surface area contributed by atoms with E-state index in [9.17, 15) is 14.0 Å². The summed E-state index contributed by atoms with van der Waals surface area (Å²) in [6.45, 7) is 1.96. The van der Waals surface area contributed by atoms with Gasteiger partial charge in [-0.3, -0.25) is 9.59 Å². The standard InChI is InChI=1S/C23H20ClFN4O2S/c1-13-19-11-20(32-23(19)29(28-13)18-4-2-3-16(24)10-18)22(31)27-12-15(21(26)30)9-14-5-7-17(25)8-6-14/h2-8,10-11,15H,9,12H2,1H3,(H2,26,30)(H,27,31). The molecule has 2 aromatic carbocycles. The Morgan fingerprint density at radius 2 is 1.97 bits per heavy atom. The summed E-state index contributed by atoms with van der Waals surface area (Å²) in [5, 5.41) is 8.82. The summed E-state index contributed by atoms with van der Waals surface area (Å²) in [6, 6.07) is 15.0. The molecule has 2 aromatic heterocycles. The number of carbonyl (C=O) groups is 2. The number of thiophene rings is 1. The first-order valence-electron chi connectivity index (χ1n) is 9.89. The quantitative estimate of drug-likeness (QED) is 0.423. The zero-order chi connectivity index (χ0) is 22.8. The third-order valence-electron chi connectivity index (χ3n) is 5.13. The van der Waals surface area contributed by atoms with E-state index >= 15 is 0 Å². The van der Waals surface area contributed by atoms with Gasteiger partial charge in [0.25, 0.3) is 5.91 Å². The summed E-state index contributed by atoms with van der Waals surface area (Å²) < 4.78 is 14.9. The Morgan fingerprint density at radius 3 is 2.66 bits per heavy atom. The number of hydrogen-bond donors (Lipinski definition) is 2. The monoisotopic (exact) mass is 470 g/mol. The Labute approximate surface area is 192 Å². The number of benzene rings is 2. The van der Waals surface area contributed by atoms with E-state index in [-0.39, 0.29) is 18.3 Å². The van der Waals surface area contributed by atoms with Crippen LogP contribution in [0.2, 0.25) is 5.02 Å². The van der Waals surface area contributed by atoms with E-state index in [0.717, 1.165) is 27.2 Å². The summed E-state index contributed by atoms with van der Waals surface area (Å²) >= 11 is 7.42. The van der Waals surface area contributed by atoms with Gasteiger partial charge in [0.15, 0.2) is 0 Å². The number of fused-ring (bicyclic) bond motifs is 1. The van der Waals surface area contributed by atoms with Gasteiger partial charge in [-0.15, -0.1) is 11.3 Å². The van der Waals surface area contributed by atoms with Crippen molar-refractivity contribution >= 4 is 45.0 Å². The van der Waals surface area contributed by atoms with Gasteiger partial charge in [0.2, 0.25) is 5.91 Å². The second-order valence-electron chi connectivity index (χ2n) is 7.45. The van der Waals surface area contributed by atoms with E-state index in [0.29, 0.717) is 16.3 Å². The third kappa shape index (κ3) is 4.66. The number of primary amides is 1. The number of halogens is 2. The fraction of sp³-hybridized carbons (Fsp3) is 0.174. The number of rotatable bonds is 7. The number of nitrogens with zero attached hydrogens (tertiary/aromatic N) is 2. The van der Waals surface area contributed by atoms with Crippen molar-refractivity contribution in [2.75, 3.05) is 6.54 Å². The van der Waals surface area contributed by atoms with Crippen molar-refractivity contribution < 1.29 is 14.0 Å². The highest BCUT2D eigenvalue weighted by atomic mass is 35.5. The molecule has 9 heteroatoms. The Kier molecular flexibility index (Phi) is 6.25. The molecule has 0 aliphatic rings. The van der Waals surface area contributed by atoms with Gasteiger partial charge < -0.3 is 11.1 Å². The minimum absolute atomic E-state index is 0.0825. The van der Waals surface area contributed by atoms with Crippen molar-refractivity contribution in [3.63, 3.8) is 0 Å². The molecule has 1 atom stereocenters. The first-order valence-corrected chi connectivity index (χ1v) is 11.1. The number of carbonyl (C=O) groups excluding carboxylic acids is 2. The molecule has 2 heterocycles. The maximum Gasteiger partial charge on any atom is 0.261 e. The van der Waals surface area contributed by atoms with Gasteiger partial charge >= 0.3 is 0 Å². The van der Waals surface area contributed by atoms with Crippen LogP contribution in [0.25, 0.3) is 15.9 Å². The van der Waals surface area contributed by atoms with Crippen LogP contribution < -0.4 is 11.1 Å². The summed E-state index contributed by atoms with van der Waals surface area (Å²) in [6.07, 6.45) is 0.311. The van der Waals surface area contributed by atoms with Gasteiger partial charge in [-0.2, -0.15) is 5.10 Å². The minimum atomic E-state index is -0.609. The van der Waals surface area contributed by atoms with Crippen molar-refractivity contribution in [1.82, 2.24) is 15.1 Å².